The van der Waals surface area contributed by atoms with Gasteiger partial charge < -0.3 is 15.8 Å². The molecule has 15 heavy (non-hydrogen) atoms. The van der Waals surface area contributed by atoms with Crippen LogP contribution in [0.4, 0.5) is 5.69 Å². The van der Waals surface area contributed by atoms with Crippen molar-refractivity contribution >= 4 is 11.6 Å². The third-order valence-corrected chi connectivity index (χ3v) is 2.66. The molecule has 1 aromatic rings. The normalized spacial score (nSPS) is 17.9. The van der Waals surface area contributed by atoms with Gasteiger partial charge in [-0.15, -0.1) is 0 Å². The lowest BCUT2D eigenvalue weighted by molar-refractivity contribution is -0.153. The van der Waals surface area contributed by atoms with E-state index in [0.29, 0.717) is 19.8 Å². The number of carbonyl (C=O) groups is 1. The molecule has 0 aromatic heterocycles. The first-order chi connectivity index (χ1) is 7.27. The minimum Gasteiger partial charge on any atom is -0.379 e. The lowest BCUT2D eigenvalue weighted by atomic mass is 9.85. The van der Waals surface area contributed by atoms with Gasteiger partial charge in [-0.25, -0.2) is 0 Å². The zero-order valence-corrected chi connectivity index (χ0v) is 8.40. The minimum atomic E-state index is -0.518. The van der Waals surface area contributed by atoms with E-state index in [-0.39, 0.29) is 5.91 Å². The van der Waals surface area contributed by atoms with E-state index in [1.807, 2.05) is 30.3 Å². The molecule has 80 valence electrons. The second-order valence-electron chi connectivity index (χ2n) is 3.80. The highest BCUT2D eigenvalue weighted by Crippen LogP contribution is 2.27. The number of hydrogen-bond donors (Lipinski definition) is 2. The van der Waals surface area contributed by atoms with E-state index in [9.17, 15) is 4.79 Å². The lowest BCUT2D eigenvalue weighted by Gasteiger charge is -2.38. The van der Waals surface area contributed by atoms with Gasteiger partial charge in [-0.3, -0.25) is 4.79 Å². The standard InChI is InChI=1S/C11H14N2O2/c12-6-11(7-15-8-11)10(14)13-9-4-2-1-3-5-9/h1-5H,6-8,12H2,(H,13,14). The van der Waals surface area contributed by atoms with Crippen LogP contribution in [-0.2, 0) is 9.53 Å². The molecule has 0 bridgehead atoms. The molecule has 4 heteroatoms. The zero-order chi connectivity index (χ0) is 10.7. The first kappa shape index (κ1) is 10.1. The monoisotopic (exact) mass is 206 g/mol. The maximum absolute atomic E-state index is 11.9. The Balaban J connectivity index is 2.04. The number of nitrogens with one attached hydrogen (secondary N) is 1. The van der Waals surface area contributed by atoms with Crippen molar-refractivity contribution in [3.63, 3.8) is 0 Å². The lowest BCUT2D eigenvalue weighted by Crippen LogP contribution is -2.56. The second kappa shape index (κ2) is 4.00. The van der Waals surface area contributed by atoms with Crippen molar-refractivity contribution in [2.75, 3.05) is 25.1 Å². The van der Waals surface area contributed by atoms with Crippen LogP contribution < -0.4 is 11.1 Å². The SMILES string of the molecule is NCC1(C(=O)Nc2ccccc2)COC1. The Bertz CT molecular complexity index is 341. The van der Waals surface area contributed by atoms with Crippen LogP contribution in [0, 0.1) is 5.41 Å². The summed E-state index contributed by atoms with van der Waals surface area (Å²) in [6.07, 6.45) is 0. The number of amides is 1. The highest BCUT2D eigenvalue weighted by molar-refractivity contribution is 5.96. The van der Waals surface area contributed by atoms with E-state index in [4.69, 9.17) is 10.5 Å². The highest BCUT2D eigenvalue weighted by Gasteiger charge is 2.44. The summed E-state index contributed by atoms with van der Waals surface area (Å²) in [5.41, 5.74) is 5.86. The molecule has 4 nitrogen and oxygen atoms in total. The van der Waals surface area contributed by atoms with Gasteiger partial charge in [0.15, 0.2) is 0 Å². The topological polar surface area (TPSA) is 64.4 Å². The van der Waals surface area contributed by atoms with E-state index < -0.39 is 5.41 Å². The molecule has 0 atom stereocenters. The van der Waals surface area contributed by atoms with Crippen LogP contribution in [0.15, 0.2) is 30.3 Å². The minimum absolute atomic E-state index is 0.0533. The Hall–Kier alpha value is -1.39. The van der Waals surface area contributed by atoms with Crippen LogP contribution in [0.2, 0.25) is 0 Å². The fourth-order valence-corrected chi connectivity index (χ4v) is 1.48. The highest BCUT2D eigenvalue weighted by atomic mass is 16.5. The van der Waals surface area contributed by atoms with Gasteiger partial charge in [0.1, 0.15) is 5.41 Å². The van der Waals surface area contributed by atoms with Gasteiger partial charge in [-0.2, -0.15) is 0 Å². The molecule has 2 rings (SSSR count). The second-order valence-corrected chi connectivity index (χ2v) is 3.80. The molecule has 1 amide bonds. The number of anilines is 1. The number of ether oxygens (including phenoxy) is 1. The van der Waals surface area contributed by atoms with E-state index in [2.05, 4.69) is 5.32 Å². The largest absolute Gasteiger partial charge is 0.379 e. The fourth-order valence-electron chi connectivity index (χ4n) is 1.48. The zero-order valence-electron chi connectivity index (χ0n) is 8.40. The predicted octanol–water partition coefficient (Wildman–Crippen LogP) is 0.600. The third kappa shape index (κ3) is 1.86. The van der Waals surface area contributed by atoms with Crippen molar-refractivity contribution in [2.45, 2.75) is 0 Å². The molecule has 0 unspecified atom stereocenters. The van der Waals surface area contributed by atoms with Gasteiger partial charge in [-0.1, -0.05) is 18.2 Å². The molecule has 1 aromatic carbocycles. The molecule has 0 aliphatic carbocycles. The molecule has 1 heterocycles. The van der Waals surface area contributed by atoms with Gasteiger partial charge in [-0.05, 0) is 12.1 Å². The number of rotatable bonds is 3. The Morgan fingerprint density at radius 1 is 1.40 bits per heavy atom. The van der Waals surface area contributed by atoms with Gasteiger partial charge in [0, 0.05) is 12.2 Å². The summed E-state index contributed by atoms with van der Waals surface area (Å²) in [7, 11) is 0. The smallest absolute Gasteiger partial charge is 0.236 e. The Kier molecular flexibility index (Phi) is 2.70. The maximum Gasteiger partial charge on any atom is 0.236 e. The number of benzene rings is 1. The summed E-state index contributed by atoms with van der Waals surface area (Å²) in [5, 5.41) is 2.84. The van der Waals surface area contributed by atoms with Crippen molar-refractivity contribution in [3.8, 4) is 0 Å². The third-order valence-electron chi connectivity index (χ3n) is 2.66. The summed E-state index contributed by atoms with van der Waals surface area (Å²) < 4.78 is 5.05. The average Bonchev–Trinajstić information content (AvgIpc) is 2.18. The van der Waals surface area contributed by atoms with Crippen molar-refractivity contribution in [2.24, 2.45) is 11.1 Å². The molecule has 0 saturated carbocycles. The summed E-state index contributed by atoms with van der Waals surface area (Å²) in [5.74, 6) is -0.0533. The van der Waals surface area contributed by atoms with Crippen molar-refractivity contribution < 1.29 is 9.53 Å². The van der Waals surface area contributed by atoms with Crippen LogP contribution in [0.1, 0.15) is 0 Å². The molecular formula is C11H14N2O2. The summed E-state index contributed by atoms with van der Waals surface area (Å²) in [4.78, 5) is 11.9. The van der Waals surface area contributed by atoms with Crippen LogP contribution in [0.3, 0.4) is 0 Å². The maximum atomic E-state index is 11.9. The molecule has 1 aliphatic rings. The Morgan fingerprint density at radius 2 is 2.07 bits per heavy atom. The molecule has 1 fully saturated rings. The molecule has 3 N–H and O–H groups in total. The quantitative estimate of drug-likeness (QED) is 0.761. The number of hydrogen-bond acceptors (Lipinski definition) is 3. The van der Waals surface area contributed by atoms with Gasteiger partial charge in [0.2, 0.25) is 5.91 Å². The first-order valence-electron chi connectivity index (χ1n) is 4.91. The fraction of sp³-hybridized carbons (Fsp3) is 0.364. The molecule has 1 aliphatic heterocycles. The van der Waals surface area contributed by atoms with Gasteiger partial charge in [0.25, 0.3) is 0 Å². The van der Waals surface area contributed by atoms with Crippen molar-refractivity contribution in [1.82, 2.24) is 0 Å². The van der Waals surface area contributed by atoms with Crippen LogP contribution >= 0.6 is 0 Å². The predicted molar refractivity (Wildman–Crippen MR) is 57.4 cm³/mol. The van der Waals surface area contributed by atoms with E-state index >= 15 is 0 Å². The van der Waals surface area contributed by atoms with Crippen LogP contribution in [0.5, 0.6) is 0 Å². The Morgan fingerprint density at radius 3 is 2.53 bits per heavy atom. The number of para-hydroxylation sites is 1. The average molecular weight is 206 g/mol. The van der Waals surface area contributed by atoms with Gasteiger partial charge >= 0.3 is 0 Å². The van der Waals surface area contributed by atoms with Crippen molar-refractivity contribution in [1.29, 1.82) is 0 Å². The molecule has 0 radical (unpaired) electrons. The van der Waals surface area contributed by atoms with E-state index in [1.54, 1.807) is 0 Å². The first-order valence-corrected chi connectivity index (χ1v) is 4.91. The summed E-state index contributed by atoms with van der Waals surface area (Å²) in [6.45, 7) is 1.16. The molecule has 0 spiro atoms. The van der Waals surface area contributed by atoms with E-state index in [1.165, 1.54) is 0 Å². The summed E-state index contributed by atoms with van der Waals surface area (Å²) in [6, 6.07) is 9.36. The number of nitrogens with two attached hydrogens (primary N) is 1. The van der Waals surface area contributed by atoms with Gasteiger partial charge in [0.05, 0.1) is 13.2 Å². The molecule has 1 saturated heterocycles. The number of carbonyl (C=O) groups excluding carboxylic acids is 1. The summed E-state index contributed by atoms with van der Waals surface area (Å²) >= 11 is 0. The van der Waals surface area contributed by atoms with E-state index in [0.717, 1.165) is 5.69 Å². The Labute approximate surface area is 88.4 Å². The van der Waals surface area contributed by atoms with Crippen molar-refractivity contribution in [3.05, 3.63) is 30.3 Å². The molecular weight excluding hydrogens is 192 g/mol. The van der Waals surface area contributed by atoms with Crippen LogP contribution in [0.25, 0.3) is 0 Å². The van der Waals surface area contributed by atoms with Crippen LogP contribution in [-0.4, -0.2) is 25.7 Å².